The highest BCUT2D eigenvalue weighted by atomic mass is 32.1. The monoisotopic (exact) mass is 252 g/mol. The Bertz CT molecular complexity index is 340. The van der Waals surface area contributed by atoms with Gasteiger partial charge in [-0.15, -0.1) is 11.3 Å². The summed E-state index contributed by atoms with van der Waals surface area (Å²) in [7, 11) is 0. The first kappa shape index (κ1) is 13.1. The van der Waals surface area contributed by atoms with Crippen molar-refractivity contribution >= 4 is 11.3 Å². The summed E-state index contributed by atoms with van der Waals surface area (Å²) in [6.45, 7) is 9.14. The number of aryl methyl sites for hydroxylation is 1. The fraction of sp³-hybridized carbons (Fsp3) is 0.714. The van der Waals surface area contributed by atoms with Crippen LogP contribution < -0.4 is 10.6 Å². The summed E-state index contributed by atoms with van der Waals surface area (Å²) in [5, 5.41) is 9.36. The van der Waals surface area contributed by atoms with E-state index in [-0.39, 0.29) is 0 Å². The molecule has 1 unspecified atom stereocenters. The predicted octanol–water partition coefficient (Wildman–Crippen LogP) is 2.79. The second-order valence-electron chi connectivity index (χ2n) is 5.42. The van der Waals surface area contributed by atoms with Crippen molar-refractivity contribution in [2.75, 3.05) is 19.6 Å². The lowest BCUT2D eigenvalue weighted by atomic mass is 9.83. The summed E-state index contributed by atoms with van der Waals surface area (Å²) in [6.07, 6.45) is 3.81. The highest BCUT2D eigenvalue weighted by Gasteiger charge is 2.25. The lowest BCUT2D eigenvalue weighted by molar-refractivity contribution is 0.226. The number of piperidine rings is 1. The third kappa shape index (κ3) is 3.54. The van der Waals surface area contributed by atoms with E-state index in [0.29, 0.717) is 5.41 Å². The first-order valence-electron chi connectivity index (χ1n) is 6.70. The van der Waals surface area contributed by atoms with Gasteiger partial charge in [0.05, 0.1) is 0 Å². The van der Waals surface area contributed by atoms with Crippen LogP contribution in [0.5, 0.6) is 0 Å². The second-order valence-corrected chi connectivity index (χ2v) is 6.42. The molecule has 0 spiro atoms. The van der Waals surface area contributed by atoms with Crippen LogP contribution in [-0.4, -0.2) is 19.6 Å². The van der Waals surface area contributed by atoms with Crippen molar-refractivity contribution in [2.24, 2.45) is 5.41 Å². The van der Waals surface area contributed by atoms with Crippen LogP contribution >= 0.6 is 11.3 Å². The van der Waals surface area contributed by atoms with E-state index < -0.39 is 0 Å². The highest BCUT2D eigenvalue weighted by molar-refractivity contribution is 7.10. The standard InChI is InChI=1S/C14H24N2S/c1-3-12-5-8-17-13(12)9-16-11-14(2)6-4-7-15-10-14/h5,8,15-16H,3-4,6-7,9-11H2,1-2H3. The molecule has 1 aromatic heterocycles. The topological polar surface area (TPSA) is 24.1 Å². The molecule has 17 heavy (non-hydrogen) atoms. The van der Waals surface area contributed by atoms with E-state index in [1.165, 1.54) is 29.8 Å². The Morgan fingerprint density at radius 1 is 1.53 bits per heavy atom. The Morgan fingerprint density at radius 3 is 3.12 bits per heavy atom. The molecule has 3 heteroatoms. The van der Waals surface area contributed by atoms with E-state index in [2.05, 4.69) is 35.9 Å². The zero-order valence-electron chi connectivity index (χ0n) is 11.0. The van der Waals surface area contributed by atoms with Gasteiger partial charge in [0.1, 0.15) is 0 Å². The minimum atomic E-state index is 0.446. The van der Waals surface area contributed by atoms with Crippen molar-refractivity contribution < 1.29 is 0 Å². The maximum atomic E-state index is 3.64. The maximum Gasteiger partial charge on any atom is 0.0302 e. The van der Waals surface area contributed by atoms with Gasteiger partial charge < -0.3 is 10.6 Å². The minimum Gasteiger partial charge on any atom is -0.316 e. The molecule has 2 rings (SSSR count). The molecule has 0 radical (unpaired) electrons. The fourth-order valence-electron chi connectivity index (χ4n) is 2.58. The third-order valence-corrected chi connectivity index (χ3v) is 4.70. The predicted molar refractivity (Wildman–Crippen MR) is 75.6 cm³/mol. The van der Waals surface area contributed by atoms with Crippen LogP contribution in [0.1, 0.15) is 37.1 Å². The molecule has 0 saturated carbocycles. The Labute approximate surface area is 109 Å². The lowest BCUT2D eigenvalue weighted by Gasteiger charge is -2.34. The molecule has 0 aliphatic carbocycles. The molecule has 96 valence electrons. The van der Waals surface area contributed by atoms with E-state index in [0.717, 1.165) is 26.1 Å². The van der Waals surface area contributed by atoms with Crippen molar-refractivity contribution in [2.45, 2.75) is 39.7 Å². The van der Waals surface area contributed by atoms with Crippen LogP contribution in [0.2, 0.25) is 0 Å². The molecular weight excluding hydrogens is 228 g/mol. The Morgan fingerprint density at radius 2 is 2.41 bits per heavy atom. The Kier molecular flexibility index (Phi) is 4.60. The Balaban J connectivity index is 1.79. The minimum absolute atomic E-state index is 0.446. The van der Waals surface area contributed by atoms with Gasteiger partial charge in [0, 0.05) is 24.5 Å². The summed E-state index contributed by atoms with van der Waals surface area (Å²) < 4.78 is 0. The molecule has 1 aliphatic heterocycles. The van der Waals surface area contributed by atoms with Gasteiger partial charge in [0.15, 0.2) is 0 Å². The first-order valence-corrected chi connectivity index (χ1v) is 7.58. The summed E-state index contributed by atoms with van der Waals surface area (Å²) in [6, 6.07) is 2.26. The normalized spacial score (nSPS) is 25.1. The summed E-state index contributed by atoms with van der Waals surface area (Å²) in [5.74, 6) is 0. The van der Waals surface area contributed by atoms with Crippen LogP contribution in [0.25, 0.3) is 0 Å². The first-order chi connectivity index (χ1) is 8.23. The van der Waals surface area contributed by atoms with Crippen molar-refractivity contribution in [3.8, 4) is 0 Å². The van der Waals surface area contributed by atoms with E-state index in [4.69, 9.17) is 0 Å². The molecule has 2 nitrogen and oxygen atoms in total. The number of nitrogens with one attached hydrogen (secondary N) is 2. The lowest BCUT2D eigenvalue weighted by Crippen LogP contribution is -2.44. The van der Waals surface area contributed by atoms with E-state index in [1.54, 1.807) is 0 Å². The molecule has 1 saturated heterocycles. The van der Waals surface area contributed by atoms with E-state index >= 15 is 0 Å². The van der Waals surface area contributed by atoms with Crippen LogP contribution in [0.3, 0.4) is 0 Å². The van der Waals surface area contributed by atoms with Gasteiger partial charge in [0.2, 0.25) is 0 Å². The zero-order chi connectivity index (χ0) is 12.1. The van der Waals surface area contributed by atoms with E-state index in [1.807, 2.05) is 11.3 Å². The summed E-state index contributed by atoms with van der Waals surface area (Å²) >= 11 is 1.88. The summed E-state index contributed by atoms with van der Waals surface area (Å²) in [4.78, 5) is 1.51. The van der Waals surface area contributed by atoms with Crippen LogP contribution in [0, 0.1) is 5.41 Å². The van der Waals surface area contributed by atoms with E-state index in [9.17, 15) is 0 Å². The van der Waals surface area contributed by atoms with Gasteiger partial charge >= 0.3 is 0 Å². The number of hydrogen-bond acceptors (Lipinski definition) is 3. The molecule has 2 N–H and O–H groups in total. The van der Waals surface area contributed by atoms with Gasteiger partial charge in [-0.1, -0.05) is 13.8 Å². The molecule has 0 amide bonds. The fourth-order valence-corrected chi connectivity index (χ4v) is 3.53. The van der Waals surface area contributed by atoms with Gasteiger partial charge in [-0.3, -0.25) is 0 Å². The number of thiophene rings is 1. The van der Waals surface area contributed by atoms with Gasteiger partial charge in [-0.2, -0.15) is 0 Å². The smallest absolute Gasteiger partial charge is 0.0302 e. The van der Waals surface area contributed by atoms with Crippen molar-refractivity contribution in [3.63, 3.8) is 0 Å². The van der Waals surface area contributed by atoms with Crippen molar-refractivity contribution in [1.82, 2.24) is 10.6 Å². The zero-order valence-corrected chi connectivity index (χ0v) is 11.8. The average molecular weight is 252 g/mol. The Hall–Kier alpha value is -0.380. The molecule has 1 aromatic rings. The van der Waals surface area contributed by atoms with Crippen LogP contribution in [-0.2, 0) is 13.0 Å². The molecule has 1 aliphatic rings. The molecule has 2 heterocycles. The largest absolute Gasteiger partial charge is 0.316 e. The number of rotatable bonds is 5. The highest BCUT2D eigenvalue weighted by Crippen LogP contribution is 2.24. The molecule has 1 atom stereocenters. The van der Waals surface area contributed by atoms with Crippen LogP contribution in [0.15, 0.2) is 11.4 Å². The summed E-state index contributed by atoms with van der Waals surface area (Å²) in [5.41, 5.74) is 1.96. The maximum absolute atomic E-state index is 3.64. The quantitative estimate of drug-likeness (QED) is 0.842. The molecular formula is C14H24N2S. The molecule has 0 aromatic carbocycles. The molecule has 0 bridgehead atoms. The third-order valence-electron chi connectivity index (χ3n) is 3.74. The molecule has 1 fully saturated rings. The van der Waals surface area contributed by atoms with Gasteiger partial charge in [-0.05, 0) is 48.2 Å². The van der Waals surface area contributed by atoms with Crippen molar-refractivity contribution in [3.05, 3.63) is 21.9 Å². The van der Waals surface area contributed by atoms with Crippen molar-refractivity contribution in [1.29, 1.82) is 0 Å². The van der Waals surface area contributed by atoms with Gasteiger partial charge in [0.25, 0.3) is 0 Å². The van der Waals surface area contributed by atoms with Gasteiger partial charge in [-0.25, -0.2) is 0 Å². The number of hydrogen-bond donors (Lipinski definition) is 2. The average Bonchev–Trinajstić information content (AvgIpc) is 2.77. The SMILES string of the molecule is CCc1ccsc1CNCC1(C)CCCNC1. The second kappa shape index (κ2) is 5.98. The van der Waals surface area contributed by atoms with Crippen LogP contribution in [0.4, 0.5) is 0 Å².